The number of anilines is 1. The number of nitrogens with one attached hydrogen (secondary N) is 1. The summed E-state index contributed by atoms with van der Waals surface area (Å²) in [5.41, 5.74) is 4.27. The van der Waals surface area contributed by atoms with Crippen molar-refractivity contribution in [1.29, 1.82) is 0 Å². The summed E-state index contributed by atoms with van der Waals surface area (Å²) < 4.78 is 31.3. The molecular weight excluding hydrogens is 630 g/mol. The van der Waals surface area contributed by atoms with Gasteiger partial charge < -0.3 is 14.7 Å². The number of hydrogen-bond donors (Lipinski definition) is 2. The second-order valence-corrected chi connectivity index (χ2v) is 14.3. The second kappa shape index (κ2) is 15.8. The molecule has 11 nitrogen and oxygen atoms in total. The number of aromatic nitrogens is 4. The van der Waals surface area contributed by atoms with Crippen LogP contribution < -0.4 is 5.32 Å². The molecule has 14 heteroatoms. The molecule has 2 N–H and O–H groups in total. The molecule has 5 rings (SSSR count). The number of hydrogen-bond acceptors (Lipinski definition) is 11. The Kier molecular flexibility index (Phi) is 11.6. The zero-order valence-corrected chi connectivity index (χ0v) is 27.7. The molecule has 0 bridgehead atoms. The normalized spacial score (nSPS) is 12.5. The van der Waals surface area contributed by atoms with Crippen LogP contribution in [0.4, 0.5) is 5.82 Å². The van der Waals surface area contributed by atoms with Gasteiger partial charge in [-0.3, -0.25) is 19.0 Å². The van der Waals surface area contributed by atoms with Gasteiger partial charge in [-0.05, 0) is 68.1 Å². The molecule has 2 aromatic carbocycles. The lowest BCUT2D eigenvalue weighted by atomic mass is 10.0. The molecule has 5 aromatic rings. The van der Waals surface area contributed by atoms with Crippen LogP contribution in [-0.4, -0.2) is 48.5 Å². The van der Waals surface area contributed by atoms with E-state index in [1.807, 2.05) is 54.6 Å². The summed E-state index contributed by atoms with van der Waals surface area (Å²) in [7, 11) is -6.22. The Hall–Kier alpha value is -3.31. The maximum atomic E-state index is 13.7. The number of nitrogens with zero attached hydrogens (tertiary/aromatic N) is 5. The Morgan fingerprint density at radius 3 is 2.40 bits per heavy atom. The van der Waals surface area contributed by atoms with Crippen molar-refractivity contribution in [3.8, 4) is 22.5 Å². The van der Waals surface area contributed by atoms with Crippen molar-refractivity contribution < 1.29 is 23.0 Å². The van der Waals surface area contributed by atoms with Gasteiger partial charge >= 0.3 is 7.75 Å². The standard InChI is InChI=1S/C31H34N6O5P2S/c1-4-40-43(38)37(44(39,41-5-2)42-6-3)45-26-19-24(20-32-22-26)30-35-28-17-12-16-27(23-13-8-7-9-14-23)29(28)31(36-30)34-21-25-15-10-11-18-33-25/h7-20,22,38H,4-6,21H2,1-3H3,(H,34,35,36). The first-order valence-corrected chi connectivity index (χ1v) is 17.8. The fraction of sp³-hybridized carbons (Fsp3) is 0.226. The molecular formula is C31H34N6O5P2S. The highest BCUT2D eigenvalue weighted by Crippen LogP contribution is 2.67. The van der Waals surface area contributed by atoms with E-state index in [1.54, 1.807) is 39.4 Å². The molecule has 3 heterocycles. The van der Waals surface area contributed by atoms with Gasteiger partial charge in [0, 0.05) is 29.0 Å². The van der Waals surface area contributed by atoms with Crippen molar-refractivity contribution in [2.45, 2.75) is 32.2 Å². The van der Waals surface area contributed by atoms with E-state index in [9.17, 15) is 9.46 Å². The van der Waals surface area contributed by atoms with Crippen LogP contribution in [0.1, 0.15) is 26.5 Å². The number of pyridine rings is 2. The van der Waals surface area contributed by atoms with Crippen LogP contribution in [0.3, 0.4) is 0 Å². The summed E-state index contributed by atoms with van der Waals surface area (Å²) in [5, 5.41) is 4.36. The molecule has 1 atom stereocenters. The monoisotopic (exact) mass is 664 g/mol. The molecule has 234 valence electrons. The van der Waals surface area contributed by atoms with E-state index in [0.717, 1.165) is 43.5 Å². The van der Waals surface area contributed by atoms with E-state index in [-0.39, 0.29) is 19.8 Å². The molecule has 0 aliphatic rings. The Morgan fingerprint density at radius 2 is 1.69 bits per heavy atom. The lowest BCUT2D eigenvalue weighted by Gasteiger charge is -2.30. The molecule has 0 amide bonds. The average Bonchev–Trinajstić information content (AvgIpc) is 3.07. The summed E-state index contributed by atoms with van der Waals surface area (Å²) in [6.45, 7) is 6.05. The fourth-order valence-corrected chi connectivity index (χ4v) is 9.08. The summed E-state index contributed by atoms with van der Waals surface area (Å²) in [6.07, 6.45) is 5.01. The van der Waals surface area contributed by atoms with Crippen molar-refractivity contribution in [1.82, 2.24) is 23.8 Å². The summed E-state index contributed by atoms with van der Waals surface area (Å²) in [5.74, 6) is 1.08. The zero-order chi connectivity index (χ0) is 31.6. The molecule has 0 aliphatic heterocycles. The molecule has 0 saturated carbocycles. The van der Waals surface area contributed by atoms with Crippen LogP contribution in [0.2, 0.25) is 0 Å². The Balaban J connectivity index is 1.56. The minimum Gasteiger partial charge on any atom is -0.364 e. The molecule has 0 radical (unpaired) electrons. The van der Waals surface area contributed by atoms with Crippen LogP contribution >= 0.6 is 28.2 Å². The summed E-state index contributed by atoms with van der Waals surface area (Å²) in [4.78, 5) is 30.2. The highest BCUT2D eigenvalue weighted by atomic mass is 32.2. The van der Waals surface area contributed by atoms with Crippen molar-refractivity contribution in [2.24, 2.45) is 0 Å². The smallest absolute Gasteiger partial charge is 0.364 e. The third-order valence-corrected chi connectivity index (χ3v) is 11.9. The first kappa shape index (κ1) is 33.1. The van der Waals surface area contributed by atoms with E-state index in [0.29, 0.717) is 28.6 Å². The molecule has 1 unspecified atom stereocenters. The number of rotatable bonds is 15. The first-order valence-electron chi connectivity index (χ1n) is 14.4. The van der Waals surface area contributed by atoms with E-state index >= 15 is 0 Å². The summed E-state index contributed by atoms with van der Waals surface area (Å²) in [6, 6.07) is 23.7. The minimum atomic E-state index is -3.91. The van der Waals surface area contributed by atoms with Crippen molar-refractivity contribution in [3.05, 3.63) is 97.1 Å². The molecule has 0 saturated heterocycles. The maximum Gasteiger partial charge on any atom is 0.425 e. The summed E-state index contributed by atoms with van der Waals surface area (Å²) >= 11 is 0.980. The molecule has 0 aliphatic carbocycles. The lowest BCUT2D eigenvalue weighted by Crippen LogP contribution is -2.13. The van der Waals surface area contributed by atoms with Gasteiger partial charge in [-0.15, -0.1) is 0 Å². The Morgan fingerprint density at radius 1 is 0.911 bits per heavy atom. The van der Waals surface area contributed by atoms with Gasteiger partial charge in [0.05, 0.1) is 43.0 Å². The molecule has 3 aromatic heterocycles. The van der Waals surface area contributed by atoms with Gasteiger partial charge in [0.1, 0.15) is 5.82 Å². The lowest BCUT2D eigenvalue weighted by molar-refractivity contribution is 0.200. The third kappa shape index (κ3) is 8.10. The number of fused-ring (bicyclic) bond motifs is 1. The Bertz CT molecular complexity index is 1750. The van der Waals surface area contributed by atoms with E-state index < -0.39 is 16.3 Å². The SMILES string of the molecule is CCOP(O)N(Sc1cncc(-c2nc(NCc3ccccn3)c3c(-c4ccccc4)cccc3n2)c1)P(=O)(OCC)OCC. The van der Waals surface area contributed by atoms with Crippen LogP contribution in [0.5, 0.6) is 0 Å². The fourth-order valence-electron chi connectivity index (χ4n) is 4.47. The average molecular weight is 665 g/mol. The van der Waals surface area contributed by atoms with Gasteiger partial charge in [-0.1, -0.05) is 52.4 Å². The predicted octanol–water partition coefficient (Wildman–Crippen LogP) is 8.11. The first-order chi connectivity index (χ1) is 22.0. The van der Waals surface area contributed by atoms with Crippen LogP contribution in [0.25, 0.3) is 33.4 Å². The highest BCUT2D eigenvalue weighted by Gasteiger charge is 2.41. The third-order valence-electron chi connectivity index (χ3n) is 6.31. The van der Waals surface area contributed by atoms with Crippen LogP contribution in [0, 0.1) is 0 Å². The molecule has 0 spiro atoms. The zero-order valence-electron chi connectivity index (χ0n) is 25.1. The topological polar surface area (TPSA) is 132 Å². The Labute approximate surface area is 268 Å². The van der Waals surface area contributed by atoms with Gasteiger partial charge in [-0.25, -0.2) is 14.5 Å². The molecule has 45 heavy (non-hydrogen) atoms. The highest BCUT2D eigenvalue weighted by molar-refractivity contribution is 8.06. The van der Waals surface area contributed by atoms with Crippen LogP contribution in [0.15, 0.2) is 96.3 Å². The minimum absolute atomic E-state index is 0.117. The van der Waals surface area contributed by atoms with Gasteiger partial charge in [0.25, 0.3) is 8.53 Å². The van der Waals surface area contributed by atoms with Crippen molar-refractivity contribution in [2.75, 3.05) is 25.1 Å². The van der Waals surface area contributed by atoms with Gasteiger partial charge in [0.2, 0.25) is 0 Å². The molecule has 0 fully saturated rings. The van der Waals surface area contributed by atoms with Crippen molar-refractivity contribution in [3.63, 3.8) is 0 Å². The van der Waals surface area contributed by atoms with Crippen molar-refractivity contribution >= 4 is 44.9 Å². The maximum absolute atomic E-state index is 13.7. The van der Waals surface area contributed by atoms with E-state index in [1.165, 1.54) is 0 Å². The van der Waals surface area contributed by atoms with Gasteiger partial charge in [0.15, 0.2) is 5.82 Å². The predicted molar refractivity (Wildman–Crippen MR) is 179 cm³/mol. The number of benzene rings is 2. The van der Waals surface area contributed by atoms with Crippen LogP contribution in [-0.2, 0) is 24.7 Å². The quantitative estimate of drug-likeness (QED) is 0.0828. The van der Waals surface area contributed by atoms with Gasteiger partial charge in [-0.2, -0.15) is 0 Å². The van der Waals surface area contributed by atoms with E-state index in [2.05, 4.69) is 33.5 Å². The largest absolute Gasteiger partial charge is 0.425 e. The van der Waals surface area contributed by atoms with E-state index in [4.69, 9.17) is 23.5 Å². The second-order valence-electron chi connectivity index (χ2n) is 9.36.